The Labute approximate surface area is 51.8 Å². The highest BCUT2D eigenvalue weighted by Crippen LogP contribution is 1.77. The van der Waals surface area contributed by atoms with Crippen molar-refractivity contribution in [2.45, 2.75) is 6.10 Å². The van der Waals surface area contributed by atoms with Gasteiger partial charge in [-0.25, -0.2) is 0 Å². The van der Waals surface area contributed by atoms with Crippen molar-refractivity contribution >= 4 is 11.8 Å². The summed E-state index contributed by atoms with van der Waals surface area (Å²) < 4.78 is 0. The number of rotatable bonds is 2. The van der Waals surface area contributed by atoms with E-state index in [-0.39, 0.29) is 0 Å². The van der Waals surface area contributed by atoms with Gasteiger partial charge in [0.2, 0.25) is 6.10 Å². The summed E-state index contributed by atoms with van der Waals surface area (Å²) in [5.74, 6) is -1.84. The van der Waals surface area contributed by atoms with Crippen molar-refractivity contribution in [3.63, 3.8) is 0 Å². The molecule has 0 aromatic carbocycles. The second kappa shape index (κ2) is 3.03. The minimum Gasteiger partial charge on any atom is -0.375 e. The number of hydrogen-bond acceptors (Lipinski definition) is 3. The molecule has 52 valence electrons. The summed E-state index contributed by atoms with van der Waals surface area (Å²) in [4.78, 5) is 20.3. The average Bonchev–Trinajstić information content (AvgIpc) is 1.84. The molecular weight excluding hydrogens is 124 g/mol. The Morgan fingerprint density at radius 3 is 2.22 bits per heavy atom. The molecule has 0 aromatic heterocycles. The van der Waals surface area contributed by atoms with Gasteiger partial charge >= 0.3 is 0 Å². The second-order valence-corrected chi connectivity index (χ2v) is 1.42. The van der Waals surface area contributed by atoms with E-state index in [1.807, 2.05) is 0 Å². The lowest BCUT2D eigenvalue weighted by Gasteiger charge is -2.01. The number of amides is 2. The standard InChI is InChI=1S/C4H8N2O3/c1-6-4(9)2(7)3(5)8/h2,7H,1H3,(H2,5,8)(H,6,9)/t2-/m1/s1. The Morgan fingerprint density at radius 2 is 2.11 bits per heavy atom. The Bertz CT molecular complexity index is 134. The van der Waals surface area contributed by atoms with Gasteiger partial charge in [0.15, 0.2) is 0 Å². The van der Waals surface area contributed by atoms with E-state index in [0.29, 0.717) is 0 Å². The Kier molecular flexibility index (Phi) is 2.66. The normalized spacial score (nSPS) is 12.2. The van der Waals surface area contributed by atoms with Crippen LogP contribution in [0.3, 0.4) is 0 Å². The van der Waals surface area contributed by atoms with Crippen LogP contribution < -0.4 is 11.1 Å². The molecule has 0 rings (SSSR count). The smallest absolute Gasteiger partial charge is 0.258 e. The molecule has 0 aromatic rings. The average molecular weight is 132 g/mol. The van der Waals surface area contributed by atoms with Gasteiger partial charge in [0.1, 0.15) is 0 Å². The number of carbonyl (C=O) groups excluding carboxylic acids is 2. The number of aliphatic hydroxyl groups excluding tert-OH is 1. The fourth-order valence-corrected chi connectivity index (χ4v) is 0.266. The van der Waals surface area contributed by atoms with Crippen molar-refractivity contribution in [1.29, 1.82) is 0 Å². The third-order valence-corrected chi connectivity index (χ3v) is 0.764. The second-order valence-electron chi connectivity index (χ2n) is 1.42. The molecule has 0 aliphatic heterocycles. The molecule has 0 aliphatic carbocycles. The maximum atomic E-state index is 10.3. The number of aliphatic hydroxyl groups is 1. The molecule has 0 saturated carbocycles. The fourth-order valence-electron chi connectivity index (χ4n) is 0.266. The first-order valence-corrected chi connectivity index (χ1v) is 2.28. The van der Waals surface area contributed by atoms with Gasteiger partial charge in [0, 0.05) is 7.05 Å². The predicted octanol–water partition coefficient (Wildman–Crippen LogP) is -2.42. The van der Waals surface area contributed by atoms with Crippen LogP contribution >= 0.6 is 0 Å². The van der Waals surface area contributed by atoms with Gasteiger partial charge in [-0.05, 0) is 0 Å². The molecule has 5 heteroatoms. The molecular formula is C4H8N2O3. The first-order valence-electron chi connectivity index (χ1n) is 2.28. The van der Waals surface area contributed by atoms with E-state index in [1.165, 1.54) is 7.05 Å². The number of carbonyl (C=O) groups is 2. The lowest BCUT2D eigenvalue weighted by molar-refractivity contribution is -0.138. The lowest BCUT2D eigenvalue weighted by atomic mass is 10.3. The zero-order valence-electron chi connectivity index (χ0n) is 4.92. The van der Waals surface area contributed by atoms with Crippen molar-refractivity contribution in [2.75, 3.05) is 7.05 Å². The molecule has 9 heavy (non-hydrogen) atoms. The first-order chi connectivity index (χ1) is 4.09. The number of nitrogens with two attached hydrogens (primary N) is 1. The van der Waals surface area contributed by atoms with Crippen LogP contribution in [0, 0.1) is 0 Å². The molecule has 0 radical (unpaired) electrons. The van der Waals surface area contributed by atoms with E-state index in [9.17, 15) is 9.59 Å². The first kappa shape index (κ1) is 7.90. The zero-order chi connectivity index (χ0) is 7.44. The van der Waals surface area contributed by atoms with E-state index in [2.05, 4.69) is 11.1 Å². The molecule has 4 N–H and O–H groups in total. The van der Waals surface area contributed by atoms with E-state index in [0.717, 1.165) is 0 Å². The SMILES string of the molecule is CNC(=O)[C@H](O)C(N)=O. The van der Waals surface area contributed by atoms with Crippen molar-refractivity contribution in [3.05, 3.63) is 0 Å². The van der Waals surface area contributed by atoms with Gasteiger partial charge in [0.05, 0.1) is 0 Å². The summed E-state index contributed by atoms with van der Waals surface area (Å²) >= 11 is 0. The van der Waals surface area contributed by atoms with Crippen LogP contribution in [0.25, 0.3) is 0 Å². The van der Waals surface area contributed by atoms with E-state index >= 15 is 0 Å². The van der Waals surface area contributed by atoms with Crippen LogP contribution in [0.4, 0.5) is 0 Å². The number of likely N-dealkylation sites (N-methyl/N-ethyl adjacent to an activating group) is 1. The monoisotopic (exact) mass is 132 g/mol. The topological polar surface area (TPSA) is 92.4 Å². The van der Waals surface area contributed by atoms with Crippen LogP contribution in [0.5, 0.6) is 0 Å². The van der Waals surface area contributed by atoms with Gasteiger partial charge in [-0.3, -0.25) is 9.59 Å². The third kappa shape index (κ3) is 2.09. The molecule has 0 aliphatic rings. The summed E-state index contributed by atoms with van der Waals surface area (Å²) in [6.07, 6.45) is -1.73. The van der Waals surface area contributed by atoms with Crippen LogP contribution in [-0.2, 0) is 9.59 Å². The van der Waals surface area contributed by atoms with Crippen LogP contribution in [0.15, 0.2) is 0 Å². The highest BCUT2D eigenvalue weighted by atomic mass is 16.3. The largest absolute Gasteiger partial charge is 0.375 e. The van der Waals surface area contributed by atoms with Crippen LogP contribution in [0.2, 0.25) is 0 Å². The molecule has 0 bridgehead atoms. The van der Waals surface area contributed by atoms with Gasteiger partial charge in [0.25, 0.3) is 11.8 Å². The van der Waals surface area contributed by atoms with Crippen molar-refractivity contribution in [1.82, 2.24) is 5.32 Å². The van der Waals surface area contributed by atoms with Crippen molar-refractivity contribution in [3.8, 4) is 0 Å². The summed E-state index contributed by atoms with van der Waals surface area (Å²) in [6.45, 7) is 0. The minimum absolute atomic E-state index is 0.789. The maximum Gasteiger partial charge on any atom is 0.258 e. The molecule has 1 atom stereocenters. The molecule has 2 amide bonds. The summed E-state index contributed by atoms with van der Waals surface area (Å²) in [6, 6.07) is 0. The number of nitrogens with one attached hydrogen (secondary N) is 1. The molecule has 5 nitrogen and oxygen atoms in total. The highest BCUT2D eigenvalue weighted by Gasteiger charge is 2.18. The summed E-state index contributed by atoms with van der Waals surface area (Å²) in [7, 11) is 1.30. The molecule has 0 fully saturated rings. The van der Waals surface area contributed by atoms with E-state index < -0.39 is 17.9 Å². The van der Waals surface area contributed by atoms with Gasteiger partial charge in [-0.1, -0.05) is 0 Å². The third-order valence-electron chi connectivity index (χ3n) is 0.764. The summed E-state index contributed by atoms with van der Waals surface area (Å²) in [5.41, 5.74) is 4.56. The fraction of sp³-hybridized carbons (Fsp3) is 0.500. The summed E-state index contributed by atoms with van der Waals surface area (Å²) in [5, 5.41) is 10.6. The maximum absolute atomic E-state index is 10.3. The van der Waals surface area contributed by atoms with E-state index in [4.69, 9.17) is 5.11 Å². The van der Waals surface area contributed by atoms with E-state index in [1.54, 1.807) is 0 Å². The predicted molar refractivity (Wildman–Crippen MR) is 29.3 cm³/mol. The minimum atomic E-state index is -1.73. The lowest BCUT2D eigenvalue weighted by Crippen LogP contribution is -2.41. The Balaban J connectivity index is 3.88. The highest BCUT2D eigenvalue weighted by molar-refractivity contribution is 6.01. The van der Waals surface area contributed by atoms with Gasteiger partial charge in [-0.2, -0.15) is 0 Å². The zero-order valence-corrected chi connectivity index (χ0v) is 4.92. The van der Waals surface area contributed by atoms with Crippen molar-refractivity contribution in [2.24, 2.45) is 5.73 Å². The van der Waals surface area contributed by atoms with Crippen LogP contribution in [0.1, 0.15) is 0 Å². The number of primary amides is 1. The Morgan fingerprint density at radius 1 is 1.67 bits per heavy atom. The van der Waals surface area contributed by atoms with Gasteiger partial charge in [-0.15, -0.1) is 0 Å². The molecule has 0 spiro atoms. The van der Waals surface area contributed by atoms with Crippen molar-refractivity contribution < 1.29 is 14.7 Å². The van der Waals surface area contributed by atoms with Gasteiger partial charge < -0.3 is 16.2 Å². The Hall–Kier alpha value is -1.10. The van der Waals surface area contributed by atoms with Crippen LogP contribution in [-0.4, -0.2) is 30.1 Å². The number of hydrogen-bond donors (Lipinski definition) is 3. The molecule has 0 heterocycles. The molecule has 0 saturated heterocycles. The molecule has 0 unspecified atom stereocenters. The quantitative estimate of drug-likeness (QED) is 0.365.